The monoisotopic (exact) mass is 183 g/mol. The summed E-state index contributed by atoms with van der Waals surface area (Å²) in [4.78, 5) is 3.64. The van der Waals surface area contributed by atoms with Gasteiger partial charge in [0.2, 0.25) is 0 Å². The molecule has 0 fully saturated rings. The molecule has 0 amide bonds. The number of hydrogen-bond donors (Lipinski definition) is 1. The maximum Gasteiger partial charge on any atom is 0.130 e. The number of rotatable bonds is 7. The molecule has 0 bridgehead atoms. The fourth-order valence-electron chi connectivity index (χ4n) is 1.29. The quantitative estimate of drug-likeness (QED) is 0.473. The third-order valence-electron chi connectivity index (χ3n) is 1.99. The average Bonchev–Trinajstić information content (AvgIpc) is 2.02. The van der Waals surface area contributed by atoms with E-state index in [9.17, 15) is 0 Å². The molecule has 0 aromatic heterocycles. The van der Waals surface area contributed by atoms with Gasteiger partial charge >= 0.3 is 0 Å². The van der Waals surface area contributed by atoms with E-state index < -0.39 is 8.24 Å². The minimum atomic E-state index is -1.26. The van der Waals surface area contributed by atoms with Crippen LogP contribution in [-0.2, 0) is 0 Å². The Bertz CT molecular complexity index is 133. The molecule has 1 nitrogen and oxygen atoms in total. The van der Waals surface area contributed by atoms with E-state index in [1.54, 1.807) is 0 Å². The van der Waals surface area contributed by atoms with Crippen LogP contribution in [0.4, 0.5) is 0 Å². The van der Waals surface area contributed by atoms with Crippen LogP contribution in [0.25, 0.3) is 0 Å². The van der Waals surface area contributed by atoms with Crippen molar-refractivity contribution in [1.82, 2.24) is 4.98 Å². The first kappa shape index (κ1) is 11.7. The number of hydrogen-bond acceptors (Lipinski definition) is 1. The highest BCUT2D eigenvalue weighted by molar-refractivity contribution is 6.77. The Kier molecular flexibility index (Phi) is 6.03. The SMILES string of the molecule is C=CC[Si](C)(CC=C)NCCC. The summed E-state index contributed by atoms with van der Waals surface area (Å²) in [6.45, 7) is 13.3. The zero-order valence-electron chi connectivity index (χ0n) is 8.40. The molecule has 0 rings (SSSR count). The smallest absolute Gasteiger partial charge is 0.130 e. The van der Waals surface area contributed by atoms with Crippen LogP contribution in [0.15, 0.2) is 25.3 Å². The third kappa shape index (κ3) is 4.52. The molecule has 0 radical (unpaired) electrons. The van der Waals surface area contributed by atoms with E-state index in [4.69, 9.17) is 0 Å². The van der Waals surface area contributed by atoms with E-state index in [0.717, 1.165) is 18.6 Å². The minimum Gasteiger partial charge on any atom is -0.337 e. The molecule has 70 valence electrons. The topological polar surface area (TPSA) is 12.0 Å². The van der Waals surface area contributed by atoms with Crippen molar-refractivity contribution in [3.63, 3.8) is 0 Å². The van der Waals surface area contributed by atoms with Gasteiger partial charge in [-0.25, -0.2) is 0 Å². The molecule has 12 heavy (non-hydrogen) atoms. The first-order chi connectivity index (χ1) is 5.68. The lowest BCUT2D eigenvalue weighted by Crippen LogP contribution is -2.46. The van der Waals surface area contributed by atoms with Gasteiger partial charge in [0, 0.05) is 0 Å². The Balaban J connectivity index is 3.96. The second-order valence-electron chi connectivity index (χ2n) is 3.47. The standard InChI is InChI=1S/C10H21NSi/c1-5-8-11-12(4,9-6-2)10-7-3/h6-7,11H,2-3,5,8-10H2,1,4H3. The van der Waals surface area contributed by atoms with Crippen LogP contribution in [0, 0.1) is 0 Å². The van der Waals surface area contributed by atoms with E-state index in [2.05, 4.69) is 31.6 Å². The van der Waals surface area contributed by atoms with E-state index in [0.29, 0.717) is 0 Å². The van der Waals surface area contributed by atoms with Crippen LogP contribution in [0.5, 0.6) is 0 Å². The fourth-order valence-corrected chi connectivity index (χ4v) is 3.87. The molecule has 0 unspecified atom stereocenters. The molecule has 0 aliphatic carbocycles. The van der Waals surface area contributed by atoms with Gasteiger partial charge in [0.15, 0.2) is 0 Å². The minimum absolute atomic E-state index is 1.13. The molecule has 0 aliphatic heterocycles. The Labute approximate surface area is 77.7 Å². The van der Waals surface area contributed by atoms with Crippen molar-refractivity contribution in [2.45, 2.75) is 32.0 Å². The fraction of sp³-hybridized carbons (Fsp3) is 0.600. The normalized spacial score (nSPS) is 11.2. The maximum atomic E-state index is 3.80. The second kappa shape index (κ2) is 6.20. The summed E-state index contributed by atoms with van der Waals surface area (Å²) in [6.07, 6.45) is 5.26. The average molecular weight is 183 g/mol. The van der Waals surface area contributed by atoms with E-state index >= 15 is 0 Å². The van der Waals surface area contributed by atoms with Crippen LogP contribution < -0.4 is 4.98 Å². The van der Waals surface area contributed by atoms with Crippen LogP contribution in [0.1, 0.15) is 13.3 Å². The van der Waals surface area contributed by atoms with Crippen LogP contribution in [0.3, 0.4) is 0 Å². The molecule has 2 heteroatoms. The molecular formula is C10H21NSi. The van der Waals surface area contributed by atoms with Crippen molar-refractivity contribution >= 4 is 8.24 Å². The van der Waals surface area contributed by atoms with Crippen molar-refractivity contribution in [2.24, 2.45) is 0 Å². The van der Waals surface area contributed by atoms with Gasteiger partial charge in [0.1, 0.15) is 8.24 Å². The molecule has 0 aromatic rings. The molecular weight excluding hydrogens is 162 g/mol. The summed E-state index contributed by atoms with van der Waals surface area (Å²) < 4.78 is 0. The zero-order valence-corrected chi connectivity index (χ0v) is 9.40. The van der Waals surface area contributed by atoms with Gasteiger partial charge in [0.05, 0.1) is 0 Å². The van der Waals surface area contributed by atoms with Gasteiger partial charge in [-0.1, -0.05) is 25.6 Å². The molecule has 0 saturated carbocycles. The van der Waals surface area contributed by atoms with Gasteiger partial charge in [-0.3, -0.25) is 0 Å². The van der Waals surface area contributed by atoms with Crippen LogP contribution in [0.2, 0.25) is 18.6 Å². The highest BCUT2D eigenvalue weighted by Gasteiger charge is 2.22. The lowest BCUT2D eigenvalue weighted by atomic mass is 10.5. The van der Waals surface area contributed by atoms with Gasteiger partial charge in [-0.2, -0.15) is 0 Å². The van der Waals surface area contributed by atoms with E-state index in [1.165, 1.54) is 6.42 Å². The van der Waals surface area contributed by atoms with Crippen molar-refractivity contribution in [1.29, 1.82) is 0 Å². The molecule has 0 heterocycles. The number of allylic oxidation sites excluding steroid dienone is 2. The van der Waals surface area contributed by atoms with Gasteiger partial charge in [0.25, 0.3) is 0 Å². The molecule has 0 saturated heterocycles. The lowest BCUT2D eigenvalue weighted by molar-refractivity contribution is 0.832. The van der Waals surface area contributed by atoms with Crippen LogP contribution in [-0.4, -0.2) is 14.8 Å². The predicted octanol–water partition coefficient (Wildman–Crippen LogP) is 2.93. The molecule has 0 aliphatic rings. The van der Waals surface area contributed by atoms with Gasteiger partial charge in [-0.15, -0.1) is 13.2 Å². The lowest BCUT2D eigenvalue weighted by Gasteiger charge is -2.25. The summed E-state index contributed by atoms with van der Waals surface area (Å²) >= 11 is 0. The first-order valence-corrected chi connectivity index (χ1v) is 7.56. The van der Waals surface area contributed by atoms with Gasteiger partial charge in [-0.05, 0) is 25.1 Å². The Morgan fingerprint density at radius 1 is 1.25 bits per heavy atom. The summed E-state index contributed by atoms with van der Waals surface area (Å²) in [7, 11) is -1.26. The van der Waals surface area contributed by atoms with Crippen molar-refractivity contribution in [3.05, 3.63) is 25.3 Å². The van der Waals surface area contributed by atoms with Gasteiger partial charge < -0.3 is 4.98 Å². The Hall–Kier alpha value is -0.343. The molecule has 0 aromatic carbocycles. The molecule has 1 N–H and O–H groups in total. The molecule has 0 atom stereocenters. The Morgan fingerprint density at radius 2 is 1.75 bits per heavy atom. The number of nitrogens with one attached hydrogen (secondary N) is 1. The zero-order chi connectivity index (χ0) is 9.45. The maximum absolute atomic E-state index is 3.80. The van der Waals surface area contributed by atoms with Crippen molar-refractivity contribution in [2.75, 3.05) is 6.54 Å². The van der Waals surface area contributed by atoms with E-state index in [-0.39, 0.29) is 0 Å². The van der Waals surface area contributed by atoms with Crippen molar-refractivity contribution in [3.8, 4) is 0 Å². The van der Waals surface area contributed by atoms with Crippen molar-refractivity contribution < 1.29 is 0 Å². The van der Waals surface area contributed by atoms with E-state index in [1.807, 2.05) is 12.2 Å². The summed E-state index contributed by atoms with van der Waals surface area (Å²) in [6, 6.07) is 2.28. The summed E-state index contributed by atoms with van der Waals surface area (Å²) in [5, 5.41) is 0. The highest BCUT2D eigenvalue weighted by Crippen LogP contribution is 2.12. The Morgan fingerprint density at radius 3 is 2.08 bits per heavy atom. The summed E-state index contributed by atoms with van der Waals surface area (Å²) in [5.41, 5.74) is 0. The van der Waals surface area contributed by atoms with Crippen LogP contribution >= 0.6 is 0 Å². The molecule has 0 spiro atoms. The predicted molar refractivity (Wildman–Crippen MR) is 59.9 cm³/mol. The first-order valence-electron chi connectivity index (χ1n) is 4.65. The third-order valence-corrected chi connectivity index (χ3v) is 5.47. The second-order valence-corrected chi connectivity index (χ2v) is 7.76. The largest absolute Gasteiger partial charge is 0.337 e. The summed E-state index contributed by atoms with van der Waals surface area (Å²) in [5.74, 6) is 0. The highest BCUT2D eigenvalue weighted by atomic mass is 28.3.